The van der Waals surface area contributed by atoms with Gasteiger partial charge in [0.15, 0.2) is 0 Å². The normalized spacial score (nSPS) is 13.4. The van der Waals surface area contributed by atoms with Crippen LogP contribution in [0.4, 0.5) is 4.79 Å². The van der Waals surface area contributed by atoms with Gasteiger partial charge in [-0.2, -0.15) is 5.10 Å². The van der Waals surface area contributed by atoms with Gasteiger partial charge >= 0.3 is 6.09 Å². The lowest BCUT2D eigenvalue weighted by molar-refractivity contribution is 0.0524. The van der Waals surface area contributed by atoms with Crippen LogP contribution < -0.4 is 11.1 Å². The van der Waals surface area contributed by atoms with Crippen molar-refractivity contribution in [3.63, 3.8) is 0 Å². The molecule has 0 saturated carbocycles. The fourth-order valence-electron chi connectivity index (χ4n) is 2.32. The minimum absolute atomic E-state index is 0.281. The number of hydrogen-bond acceptors (Lipinski definition) is 4. The Hall–Kier alpha value is -1.56. The molecule has 21 heavy (non-hydrogen) atoms. The molecule has 0 aliphatic rings. The van der Waals surface area contributed by atoms with Gasteiger partial charge < -0.3 is 15.8 Å². The minimum atomic E-state index is -0.511. The monoisotopic (exact) mass is 296 g/mol. The Balaban J connectivity index is 2.73. The molecule has 1 rings (SSSR count). The molecule has 0 saturated heterocycles. The van der Waals surface area contributed by atoms with Crippen LogP contribution in [-0.4, -0.2) is 28.0 Å². The van der Waals surface area contributed by atoms with E-state index in [2.05, 4.69) is 24.3 Å². The molecule has 1 heterocycles. The lowest BCUT2D eigenvalue weighted by Gasteiger charge is -2.21. The zero-order chi connectivity index (χ0) is 16.4. The molecule has 0 aromatic carbocycles. The summed E-state index contributed by atoms with van der Waals surface area (Å²) in [6, 6.07) is -0.0199. The van der Waals surface area contributed by atoms with Crippen LogP contribution >= 0.6 is 0 Å². The number of carbonyl (C=O) groups excluding carboxylic acids is 1. The quantitative estimate of drug-likeness (QED) is 0.894. The van der Waals surface area contributed by atoms with Crippen LogP contribution in [0.3, 0.4) is 0 Å². The molecular formula is C15H28N4O2. The largest absolute Gasteiger partial charge is 0.444 e. The first-order valence-electron chi connectivity index (χ1n) is 7.31. The molecule has 0 aliphatic heterocycles. The summed E-state index contributed by atoms with van der Waals surface area (Å²) < 4.78 is 7.16. The molecule has 1 aromatic heterocycles. The van der Waals surface area contributed by atoms with Crippen molar-refractivity contribution in [2.75, 3.05) is 6.54 Å². The molecular weight excluding hydrogens is 268 g/mol. The van der Waals surface area contributed by atoms with Crippen LogP contribution in [0.15, 0.2) is 0 Å². The minimum Gasteiger partial charge on any atom is -0.444 e. The number of aromatic nitrogens is 2. The van der Waals surface area contributed by atoms with E-state index in [0.29, 0.717) is 6.54 Å². The molecule has 1 unspecified atom stereocenters. The van der Waals surface area contributed by atoms with Gasteiger partial charge in [-0.15, -0.1) is 0 Å². The Labute approximate surface area is 127 Å². The number of hydrogen-bond donors (Lipinski definition) is 2. The maximum atomic E-state index is 11.7. The summed E-state index contributed by atoms with van der Waals surface area (Å²) in [5, 5.41) is 7.22. The maximum Gasteiger partial charge on any atom is 0.407 e. The third kappa shape index (κ3) is 4.74. The second-order valence-electron chi connectivity index (χ2n) is 6.61. The second kappa shape index (κ2) is 6.47. The van der Waals surface area contributed by atoms with E-state index >= 15 is 0 Å². The first-order valence-corrected chi connectivity index (χ1v) is 7.31. The summed E-state index contributed by atoms with van der Waals surface area (Å²) in [4.78, 5) is 11.7. The van der Waals surface area contributed by atoms with Crippen molar-refractivity contribution in [1.29, 1.82) is 0 Å². The van der Waals surface area contributed by atoms with Crippen LogP contribution in [0.5, 0.6) is 0 Å². The van der Waals surface area contributed by atoms with Crippen molar-refractivity contribution in [2.45, 2.75) is 66.2 Å². The Morgan fingerprint density at radius 2 is 1.95 bits per heavy atom. The molecule has 0 radical (unpaired) electrons. The van der Waals surface area contributed by atoms with Gasteiger partial charge in [0.2, 0.25) is 0 Å². The van der Waals surface area contributed by atoms with Gasteiger partial charge in [0.05, 0.1) is 11.7 Å². The van der Waals surface area contributed by atoms with Crippen molar-refractivity contribution in [3.05, 3.63) is 17.0 Å². The van der Waals surface area contributed by atoms with Crippen LogP contribution in [0.2, 0.25) is 0 Å². The van der Waals surface area contributed by atoms with E-state index in [1.807, 2.05) is 39.3 Å². The van der Waals surface area contributed by atoms with Gasteiger partial charge in [0.25, 0.3) is 0 Å². The van der Waals surface area contributed by atoms with Crippen LogP contribution in [0, 0.1) is 13.8 Å². The summed E-state index contributed by atoms with van der Waals surface area (Å²) in [5.74, 6) is 0. The fourth-order valence-corrected chi connectivity index (χ4v) is 2.32. The van der Waals surface area contributed by atoms with E-state index in [4.69, 9.17) is 10.5 Å². The molecule has 0 fully saturated rings. The van der Waals surface area contributed by atoms with Gasteiger partial charge in [-0.1, -0.05) is 0 Å². The summed E-state index contributed by atoms with van der Waals surface area (Å²) in [5.41, 5.74) is 8.62. The number of nitrogens with one attached hydrogen (secondary N) is 1. The third-order valence-corrected chi connectivity index (χ3v) is 3.11. The Kier molecular flexibility index (Phi) is 5.39. The highest BCUT2D eigenvalue weighted by Crippen LogP contribution is 2.22. The van der Waals surface area contributed by atoms with Crippen molar-refractivity contribution < 1.29 is 9.53 Å². The summed E-state index contributed by atoms with van der Waals surface area (Å²) in [7, 11) is 0. The average Bonchev–Trinajstić information content (AvgIpc) is 2.60. The highest BCUT2D eigenvalue weighted by atomic mass is 16.6. The van der Waals surface area contributed by atoms with Crippen molar-refractivity contribution >= 4 is 6.09 Å². The van der Waals surface area contributed by atoms with E-state index < -0.39 is 11.7 Å². The molecule has 1 atom stereocenters. The lowest BCUT2D eigenvalue weighted by atomic mass is 10.1. The number of nitrogens with zero attached hydrogens (tertiary/aromatic N) is 2. The van der Waals surface area contributed by atoms with Crippen molar-refractivity contribution in [2.24, 2.45) is 5.73 Å². The van der Waals surface area contributed by atoms with Crippen molar-refractivity contribution in [1.82, 2.24) is 15.1 Å². The van der Waals surface area contributed by atoms with E-state index in [1.165, 1.54) is 0 Å². The maximum absolute atomic E-state index is 11.7. The van der Waals surface area contributed by atoms with Crippen molar-refractivity contribution in [3.8, 4) is 0 Å². The Morgan fingerprint density at radius 3 is 2.38 bits per heavy atom. The fraction of sp³-hybridized carbons (Fsp3) is 0.733. The molecule has 0 spiro atoms. The summed E-state index contributed by atoms with van der Waals surface area (Å²) >= 11 is 0. The highest BCUT2D eigenvalue weighted by molar-refractivity contribution is 5.67. The van der Waals surface area contributed by atoms with Gasteiger partial charge in [-0.3, -0.25) is 4.68 Å². The predicted octanol–water partition coefficient (Wildman–Crippen LogP) is 2.61. The molecule has 6 nitrogen and oxygen atoms in total. The van der Waals surface area contributed by atoms with Gasteiger partial charge in [0.1, 0.15) is 5.60 Å². The average molecular weight is 296 g/mol. The molecule has 1 amide bonds. The molecule has 0 aliphatic carbocycles. The highest BCUT2D eigenvalue weighted by Gasteiger charge is 2.21. The van der Waals surface area contributed by atoms with E-state index in [-0.39, 0.29) is 12.1 Å². The van der Waals surface area contributed by atoms with E-state index in [1.54, 1.807) is 0 Å². The smallest absolute Gasteiger partial charge is 0.407 e. The van der Waals surface area contributed by atoms with Crippen LogP contribution in [0.1, 0.15) is 63.7 Å². The number of amides is 1. The van der Waals surface area contributed by atoms with Gasteiger partial charge in [0, 0.05) is 23.8 Å². The summed E-state index contributed by atoms with van der Waals surface area (Å²) in [6.07, 6.45) is -0.454. The summed E-state index contributed by atoms with van der Waals surface area (Å²) in [6.45, 7) is 13.9. The second-order valence-corrected chi connectivity index (χ2v) is 6.61. The first-order chi connectivity index (χ1) is 9.53. The van der Waals surface area contributed by atoms with E-state index in [9.17, 15) is 4.79 Å². The molecule has 120 valence electrons. The third-order valence-electron chi connectivity index (χ3n) is 3.11. The number of aryl methyl sites for hydroxylation is 1. The molecule has 1 aromatic rings. The number of rotatable bonds is 4. The zero-order valence-electron chi connectivity index (χ0n) is 14.2. The molecule has 6 heteroatoms. The van der Waals surface area contributed by atoms with Crippen LogP contribution in [0.25, 0.3) is 0 Å². The SMILES string of the molecule is Cc1nn(C(C)C)c(C)c1C(N)CNC(=O)OC(C)(C)C. The number of alkyl carbamates (subject to hydrolysis) is 1. The topological polar surface area (TPSA) is 82.2 Å². The van der Waals surface area contributed by atoms with Gasteiger partial charge in [-0.05, 0) is 48.5 Å². The number of ether oxygens (including phenoxy) is 1. The van der Waals surface area contributed by atoms with Crippen LogP contribution in [-0.2, 0) is 4.74 Å². The Morgan fingerprint density at radius 1 is 1.38 bits per heavy atom. The molecule has 0 bridgehead atoms. The van der Waals surface area contributed by atoms with Gasteiger partial charge in [-0.25, -0.2) is 4.79 Å². The van der Waals surface area contributed by atoms with E-state index in [0.717, 1.165) is 17.0 Å². The number of carbonyl (C=O) groups is 1. The first kappa shape index (κ1) is 17.5. The number of nitrogens with two attached hydrogens (primary N) is 1. The Bertz CT molecular complexity index is 501. The predicted molar refractivity (Wildman–Crippen MR) is 83.3 cm³/mol. The standard InChI is InChI=1S/C15H28N4O2/c1-9(2)19-11(4)13(10(3)18-19)12(16)8-17-14(20)21-15(5,6)7/h9,12H,8,16H2,1-7H3,(H,17,20). The zero-order valence-corrected chi connectivity index (χ0v) is 14.2. The lowest BCUT2D eigenvalue weighted by Crippen LogP contribution is -2.36. The molecule has 3 N–H and O–H groups in total.